The van der Waals surface area contributed by atoms with Crippen LogP contribution in [0.3, 0.4) is 0 Å². The molecular formula is C14H22Cl2N4O. The summed E-state index contributed by atoms with van der Waals surface area (Å²) in [5, 5.41) is 0. The third-order valence-corrected chi connectivity index (χ3v) is 3.96. The SMILES string of the molecule is Cl.Cl.Nc1ccncc1C(=O)N1CCN(CC2CC2)CC1. The number of anilines is 1. The van der Waals surface area contributed by atoms with Gasteiger partial charge in [0.15, 0.2) is 0 Å². The molecule has 0 unspecified atom stereocenters. The van der Waals surface area contributed by atoms with Gasteiger partial charge in [0.1, 0.15) is 0 Å². The predicted octanol–water partition coefficient (Wildman–Crippen LogP) is 1.68. The number of carbonyl (C=O) groups excluding carboxylic acids is 1. The van der Waals surface area contributed by atoms with Crippen LogP contribution in [-0.4, -0.2) is 53.4 Å². The quantitative estimate of drug-likeness (QED) is 0.914. The largest absolute Gasteiger partial charge is 0.398 e. The topological polar surface area (TPSA) is 62.5 Å². The van der Waals surface area contributed by atoms with E-state index in [0.717, 1.165) is 32.1 Å². The van der Waals surface area contributed by atoms with Crippen molar-refractivity contribution in [3.63, 3.8) is 0 Å². The number of amides is 1. The van der Waals surface area contributed by atoms with Gasteiger partial charge in [0, 0.05) is 50.8 Å². The molecule has 1 saturated carbocycles. The summed E-state index contributed by atoms with van der Waals surface area (Å²) in [6.07, 6.45) is 5.94. The van der Waals surface area contributed by atoms with Crippen LogP contribution >= 0.6 is 24.8 Å². The molecule has 2 N–H and O–H groups in total. The van der Waals surface area contributed by atoms with Crippen molar-refractivity contribution in [2.24, 2.45) is 5.92 Å². The molecule has 2 aliphatic rings. The van der Waals surface area contributed by atoms with Crippen molar-refractivity contribution in [2.45, 2.75) is 12.8 Å². The number of rotatable bonds is 3. The number of nitrogens with zero attached hydrogens (tertiary/aromatic N) is 3. The summed E-state index contributed by atoms with van der Waals surface area (Å²) in [7, 11) is 0. The molecule has 0 spiro atoms. The summed E-state index contributed by atoms with van der Waals surface area (Å²) in [5.41, 5.74) is 6.87. The number of halogens is 2. The van der Waals surface area contributed by atoms with E-state index in [-0.39, 0.29) is 30.7 Å². The Morgan fingerprint density at radius 3 is 2.48 bits per heavy atom. The number of nitrogen functional groups attached to an aromatic ring is 1. The van der Waals surface area contributed by atoms with Crippen LogP contribution in [0, 0.1) is 5.92 Å². The maximum absolute atomic E-state index is 12.3. The van der Waals surface area contributed by atoms with Crippen LogP contribution in [0.1, 0.15) is 23.2 Å². The highest BCUT2D eigenvalue weighted by Crippen LogP contribution is 2.30. The zero-order valence-corrected chi connectivity index (χ0v) is 13.5. The second-order valence-corrected chi connectivity index (χ2v) is 5.50. The molecule has 1 aliphatic carbocycles. The summed E-state index contributed by atoms with van der Waals surface area (Å²) in [6, 6.07) is 1.68. The van der Waals surface area contributed by atoms with Crippen molar-refractivity contribution < 1.29 is 4.79 Å². The van der Waals surface area contributed by atoms with Gasteiger partial charge in [0.25, 0.3) is 5.91 Å². The Balaban J connectivity index is 0.00000110. The van der Waals surface area contributed by atoms with E-state index in [1.54, 1.807) is 18.5 Å². The Morgan fingerprint density at radius 1 is 1.24 bits per heavy atom. The van der Waals surface area contributed by atoms with E-state index < -0.39 is 0 Å². The third kappa shape index (κ3) is 4.46. The number of carbonyl (C=O) groups is 1. The molecule has 21 heavy (non-hydrogen) atoms. The molecule has 118 valence electrons. The normalized spacial score (nSPS) is 18.6. The van der Waals surface area contributed by atoms with E-state index in [1.807, 2.05) is 4.90 Å². The summed E-state index contributed by atoms with van der Waals surface area (Å²) < 4.78 is 0. The number of aromatic nitrogens is 1. The average molecular weight is 333 g/mol. The second kappa shape index (κ2) is 7.82. The number of piperazine rings is 1. The number of hydrogen-bond donors (Lipinski definition) is 1. The molecule has 2 fully saturated rings. The molecule has 3 rings (SSSR count). The van der Waals surface area contributed by atoms with Crippen molar-refractivity contribution >= 4 is 36.4 Å². The molecular weight excluding hydrogens is 311 g/mol. The number of hydrogen-bond acceptors (Lipinski definition) is 4. The van der Waals surface area contributed by atoms with Gasteiger partial charge in [-0.2, -0.15) is 0 Å². The standard InChI is InChI=1S/C14H20N4O.2ClH/c15-13-3-4-16-9-12(13)14(19)18-7-5-17(6-8-18)10-11-1-2-11;;/h3-4,9,11H,1-2,5-8,10H2,(H2,15,16);2*1H. The molecule has 0 bridgehead atoms. The summed E-state index contributed by atoms with van der Waals surface area (Å²) in [6.45, 7) is 4.74. The van der Waals surface area contributed by atoms with Crippen LogP contribution in [0.5, 0.6) is 0 Å². The van der Waals surface area contributed by atoms with Crippen LogP contribution in [0.4, 0.5) is 5.69 Å². The fourth-order valence-electron chi connectivity index (χ4n) is 2.55. The van der Waals surface area contributed by atoms with Crippen molar-refractivity contribution in [1.29, 1.82) is 0 Å². The molecule has 1 aromatic heterocycles. The molecule has 0 atom stereocenters. The minimum absolute atomic E-state index is 0. The van der Waals surface area contributed by atoms with Gasteiger partial charge in [-0.05, 0) is 24.8 Å². The molecule has 1 aromatic rings. The zero-order valence-electron chi connectivity index (χ0n) is 11.9. The molecule has 1 aliphatic heterocycles. The number of pyridine rings is 1. The monoisotopic (exact) mass is 332 g/mol. The minimum atomic E-state index is 0. The molecule has 0 radical (unpaired) electrons. The van der Waals surface area contributed by atoms with Crippen molar-refractivity contribution in [3.8, 4) is 0 Å². The zero-order chi connectivity index (χ0) is 13.2. The van der Waals surface area contributed by atoms with Gasteiger partial charge < -0.3 is 10.6 Å². The van der Waals surface area contributed by atoms with E-state index in [4.69, 9.17) is 5.73 Å². The lowest BCUT2D eigenvalue weighted by atomic mass is 10.2. The smallest absolute Gasteiger partial charge is 0.257 e. The van der Waals surface area contributed by atoms with E-state index in [1.165, 1.54) is 19.4 Å². The summed E-state index contributed by atoms with van der Waals surface area (Å²) >= 11 is 0. The lowest BCUT2D eigenvalue weighted by Gasteiger charge is -2.34. The van der Waals surface area contributed by atoms with Gasteiger partial charge in [0.2, 0.25) is 0 Å². The Bertz CT molecular complexity index is 474. The minimum Gasteiger partial charge on any atom is -0.398 e. The van der Waals surface area contributed by atoms with Gasteiger partial charge in [-0.3, -0.25) is 14.7 Å². The van der Waals surface area contributed by atoms with Crippen LogP contribution in [0.2, 0.25) is 0 Å². The molecule has 1 amide bonds. The number of nitrogens with two attached hydrogens (primary N) is 1. The highest BCUT2D eigenvalue weighted by atomic mass is 35.5. The average Bonchev–Trinajstić information content (AvgIpc) is 3.23. The first kappa shape index (κ1) is 18.0. The Hall–Kier alpha value is -1.04. The van der Waals surface area contributed by atoms with Gasteiger partial charge in [-0.1, -0.05) is 0 Å². The van der Waals surface area contributed by atoms with Crippen LogP contribution in [-0.2, 0) is 0 Å². The first-order chi connectivity index (χ1) is 9.24. The Morgan fingerprint density at radius 2 is 1.90 bits per heavy atom. The van der Waals surface area contributed by atoms with Crippen LogP contribution < -0.4 is 5.73 Å². The fourth-order valence-corrected chi connectivity index (χ4v) is 2.55. The van der Waals surface area contributed by atoms with Crippen molar-refractivity contribution in [2.75, 3.05) is 38.5 Å². The third-order valence-electron chi connectivity index (χ3n) is 3.96. The van der Waals surface area contributed by atoms with Gasteiger partial charge in [-0.15, -0.1) is 24.8 Å². The molecule has 7 heteroatoms. The predicted molar refractivity (Wildman–Crippen MR) is 88.2 cm³/mol. The highest BCUT2D eigenvalue weighted by molar-refractivity contribution is 5.98. The fraction of sp³-hybridized carbons (Fsp3) is 0.571. The van der Waals surface area contributed by atoms with Crippen molar-refractivity contribution in [3.05, 3.63) is 24.0 Å². The highest BCUT2D eigenvalue weighted by Gasteiger charge is 2.28. The maximum atomic E-state index is 12.3. The lowest BCUT2D eigenvalue weighted by Crippen LogP contribution is -2.49. The van der Waals surface area contributed by atoms with E-state index in [9.17, 15) is 4.79 Å². The first-order valence-corrected chi connectivity index (χ1v) is 6.95. The van der Waals surface area contributed by atoms with E-state index in [2.05, 4.69) is 9.88 Å². The molecule has 2 heterocycles. The molecule has 5 nitrogen and oxygen atoms in total. The summed E-state index contributed by atoms with van der Waals surface area (Å²) in [5.74, 6) is 0.924. The van der Waals surface area contributed by atoms with Gasteiger partial charge in [0.05, 0.1) is 5.56 Å². The van der Waals surface area contributed by atoms with Crippen molar-refractivity contribution in [1.82, 2.24) is 14.8 Å². The Kier molecular flexibility index (Phi) is 6.71. The van der Waals surface area contributed by atoms with Crippen LogP contribution in [0.25, 0.3) is 0 Å². The summed E-state index contributed by atoms with van der Waals surface area (Å²) in [4.78, 5) is 20.7. The van der Waals surface area contributed by atoms with Gasteiger partial charge >= 0.3 is 0 Å². The lowest BCUT2D eigenvalue weighted by molar-refractivity contribution is 0.0632. The molecule has 0 aromatic carbocycles. The maximum Gasteiger partial charge on any atom is 0.257 e. The Labute approximate surface area is 137 Å². The second-order valence-electron chi connectivity index (χ2n) is 5.50. The van der Waals surface area contributed by atoms with E-state index in [0.29, 0.717) is 11.3 Å². The molecule has 1 saturated heterocycles. The van der Waals surface area contributed by atoms with E-state index >= 15 is 0 Å². The first-order valence-electron chi connectivity index (χ1n) is 6.95. The van der Waals surface area contributed by atoms with Crippen LogP contribution in [0.15, 0.2) is 18.5 Å². The van der Waals surface area contributed by atoms with Gasteiger partial charge in [-0.25, -0.2) is 0 Å².